The average molecular weight is 584 g/mol. The molecule has 0 aliphatic carbocycles. The molecule has 0 N–H and O–H groups in total. The van der Waals surface area contributed by atoms with E-state index in [1.165, 1.54) is 0 Å². The van der Waals surface area contributed by atoms with Gasteiger partial charge in [0.05, 0.1) is 15.1 Å². The first-order valence-electron chi connectivity index (χ1n) is 20.0. The van der Waals surface area contributed by atoms with Crippen LogP contribution in [0.25, 0.3) is 88.0 Å². The summed E-state index contributed by atoms with van der Waals surface area (Å²) in [5.41, 5.74) is 4.33. The normalized spacial score (nSPS) is 15.0. The number of hydrogen-bond acceptors (Lipinski definition) is 1. The first kappa shape index (κ1) is 16.8. The summed E-state index contributed by atoms with van der Waals surface area (Å²) in [6, 6.07) is 28.5. The Balaban J connectivity index is 1.39. The van der Waals surface area contributed by atoms with Crippen molar-refractivity contribution in [1.29, 1.82) is 0 Å². The lowest BCUT2D eigenvalue weighted by atomic mass is 9.83. The fourth-order valence-corrected chi connectivity index (χ4v) is 6.31. The van der Waals surface area contributed by atoms with E-state index in [2.05, 4.69) is 0 Å². The van der Waals surface area contributed by atoms with Crippen LogP contribution in [0.1, 0.15) is 15.1 Å². The Bertz CT molecular complexity index is 3050. The summed E-state index contributed by atoms with van der Waals surface area (Å²) < 4.78 is 101. The van der Waals surface area contributed by atoms with Crippen LogP contribution in [0.4, 0.5) is 0 Å². The highest BCUT2D eigenvalue weighted by Gasteiger charge is 2.21. The summed E-state index contributed by atoms with van der Waals surface area (Å²) >= 11 is 0. The van der Waals surface area contributed by atoms with Crippen LogP contribution in [0.3, 0.4) is 0 Å². The van der Waals surface area contributed by atoms with Gasteiger partial charge in [0.1, 0.15) is 11.2 Å². The molecular weight excluding hydrogens is 544 g/mol. The van der Waals surface area contributed by atoms with Gasteiger partial charge in [0.15, 0.2) is 0 Å². The van der Waals surface area contributed by atoms with E-state index in [1.54, 1.807) is 12.1 Å². The van der Waals surface area contributed by atoms with Gasteiger partial charge in [-0.25, -0.2) is 0 Å². The van der Waals surface area contributed by atoms with Crippen LogP contribution in [0, 0.1) is 0 Å². The maximum Gasteiger partial charge on any atom is 0.136 e. The second kappa shape index (κ2) is 10.4. The Morgan fingerprint density at radius 1 is 0.356 bits per heavy atom. The monoisotopic (exact) mass is 583 g/mol. The highest BCUT2D eigenvalue weighted by molar-refractivity contribution is 6.23. The second-order valence-electron chi connectivity index (χ2n) is 10.8. The van der Waals surface area contributed by atoms with Crippen LogP contribution in [0.15, 0.2) is 174 Å². The van der Waals surface area contributed by atoms with Gasteiger partial charge in [-0.1, -0.05) is 151 Å². The first-order chi connectivity index (χ1) is 26.9. The van der Waals surface area contributed by atoms with Crippen LogP contribution in [-0.2, 0) is 0 Å². The van der Waals surface area contributed by atoms with Crippen molar-refractivity contribution in [1.82, 2.24) is 0 Å². The van der Waals surface area contributed by atoms with Crippen molar-refractivity contribution in [2.45, 2.75) is 0 Å². The molecule has 0 aliphatic rings. The van der Waals surface area contributed by atoms with Gasteiger partial charge in [-0.2, -0.15) is 0 Å². The average Bonchev–Trinajstić information content (AvgIpc) is 3.64. The minimum Gasteiger partial charge on any atom is -0.456 e. The summed E-state index contributed by atoms with van der Waals surface area (Å²) in [5.74, 6) is 0. The van der Waals surface area contributed by atoms with Crippen molar-refractivity contribution in [3.05, 3.63) is 170 Å². The van der Waals surface area contributed by atoms with Crippen molar-refractivity contribution in [2.24, 2.45) is 0 Å². The summed E-state index contributed by atoms with van der Waals surface area (Å²) in [4.78, 5) is 0. The van der Waals surface area contributed by atoms with Crippen molar-refractivity contribution in [3.8, 4) is 44.5 Å². The molecule has 45 heavy (non-hydrogen) atoms. The molecule has 0 radical (unpaired) electrons. The molecule has 0 bridgehead atoms. The second-order valence-corrected chi connectivity index (χ2v) is 10.8. The number of hydrogen-bond donors (Lipinski definition) is 0. The predicted molar refractivity (Wildman–Crippen MR) is 190 cm³/mol. The van der Waals surface area contributed by atoms with Crippen LogP contribution in [0.5, 0.6) is 0 Å². The molecule has 0 fully saturated rings. The number of fused-ring (bicyclic) bond motifs is 5. The van der Waals surface area contributed by atoms with E-state index in [1.807, 2.05) is 91.0 Å². The van der Waals surface area contributed by atoms with Crippen molar-refractivity contribution < 1.29 is 19.5 Å². The summed E-state index contributed by atoms with van der Waals surface area (Å²) in [6.45, 7) is 0. The molecule has 8 aromatic carbocycles. The zero-order chi connectivity index (χ0) is 39.3. The van der Waals surface area contributed by atoms with Crippen LogP contribution < -0.4 is 0 Å². The molecule has 1 heteroatoms. The largest absolute Gasteiger partial charge is 0.456 e. The lowest BCUT2D eigenvalue weighted by Crippen LogP contribution is -1.93. The van der Waals surface area contributed by atoms with Crippen LogP contribution >= 0.6 is 0 Å². The Morgan fingerprint density at radius 3 is 1.62 bits per heavy atom. The number of para-hydroxylation sites is 1. The number of benzene rings is 8. The molecule has 0 spiro atoms. The molecule has 1 heterocycles. The summed E-state index contributed by atoms with van der Waals surface area (Å²) in [5, 5.41) is 3.40. The smallest absolute Gasteiger partial charge is 0.136 e. The maximum absolute atomic E-state index is 9.94. The third-order valence-electron chi connectivity index (χ3n) is 8.28. The van der Waals surface area contributed by atoms with Gasteiger partial charge in [-0.15, -0.1) is 0 Å². The Labute approximate surface area is 277 Å². The summed E-state index contributed by atoms with van der Waals surface area (Å²) in [6.07, 6.45) is 0. The Kier molecular flexibility index (Phi) is 3.87. The van der Waals surface area contributed by atoms with Crippen LogP contribution in [-0.4, -0.2) is 0 Å². The zero-order valence-corrected chi connectivity index (χ0v) is 23.7. The minimum absolute atomic E-state index is 0.00374. The van der Waals surface area contributed by atoms with Gasteiger partial charge in [0.25, 0.3) is 0 Å². The van der Waals surface area contributed by atoms with Gasteiger partial charge in [0, 0.05) is 10.8 Å². The van der Waals surface area contributed by atoms with E-state index >= 15 is 0 Å². The van der Waals surface area contributed by atoms with E-state index in [4.69, 9.17) is 16.8 Å². The van der Waals surface area contributed by atoms with Gasteiger partial charge < -0.3 is 4.42 Å². The van der Waals surface area contributed by atoms with E-state index in [0.29, 0.717) is 27.8 Å². The van der Waals surface area contributed by atoms with E-state index in [0.717, 1.165) is 32.7 Å². The van der Waals surface area contributed by atoms with E-state index < -0.39 is 30.2 Å². The Hall–Kier alpha value is -5.92. The van der Waals surface area contributed by atoms with Gasteiger partial charge in [-0.05, 0) is 84.2 Å². The fourth-order valence-electron chi connectivity index (χ4n) is 6.31. The SMILES string of the molecule is [2H]c1c([2H])c([2H])c(-c2ccc(-c3c4ccccc4c(-c4c(-c5ccccc5)c([2H])c5oc6c([2H])c([2H])c([2H])c([2H])c6c5c4[2H])c4ccccc34)cc2)c([2H])c1[2H]. The molecule has 0 unspecified atom stereocenters. The third kappa shape index (κ3) is 4.17. The first-order valence-corrected chi connectivity index (χ1v) is 14.5. The minimum atomic E-state index is -0.461. The quantitative estimate of drug-likeness (QED) is 0.188. The molecule has 1 aromatic heterocycles. The standard InChI is InChI=1S/C44H28O/c1-3-13-29(14-4-1)30-23-25-32(26-24-30)43-34-18-7-9-20-36(34)44(37-21-10-8-19-35(37)43)40-27-39-33-17-11-12-22-41(33)45-42(39)28-38(40)31-15-5-2-6-16-31/h1-28H/i1D,3D,4D,11D,12D,13D,14D,17D,22D,27D,28D. The van der Waals surface area contributed by atoms with Crippen molar-refractivity contribution in [2.75, 3.05) is 0 Å². The molecular formula is C44H28O. The third-order valence-corrected chi connectivity index (χ3v) is 8.28. The zero-order valence-electron chi connectivity index (χ0n) is 34.7. The summed E-state index contributed by atoms with van der Waals surface area (Å²) in [7, 11) is 0. The number of furan rings is 1. The van der Waals surface area contributed by atoms with Gasteiger partial charge in [0.2, 0.25) is 0 Å². The number of rotatable bonds is 4. The molecule has 9 rings (SSSR count). The predicted octanol–water partition coefficient (Wildman–Crippen LogP) is 12.6. The molecule has 0 saturated heterocycles. The van der Waals surface area contributed by atoms with Gasteiger partial charge >= 0.3 is 0 Å². The molecule has 0 aliphatic heterocycles. The van der Waals surface area contributed by atoms with Crippen LogP contribution in [0.2, 0.25) is 0 Å². The molecule has 9 aromatic rings. The molecule has 1 nitrogen and oxygen atoms in total. The highest BCUT2D eigenvalue weighted by Crippen LogP contribution is 2.48. The fraction of sp³-hybridized carbons (Fsp3) is 0. The highest BCUT2D eigenvalue weighted by atomic mass is 16.3. The molecule has 210 valence electrons. The lowest BCUT2D eigenvalue weighted by molar-refractivity contribution is 0.669. The van der Waals surface area contributed by atoms with Gasteiger partial charge in [-0.3, -0.25) is 0 Å². The molecule has 0 atom stereocenters. The van der Waals surface area contributed by atoms with E-state index in [9.17, 15) is 2.74 Å². The Morgan fingerprint density at radius 2 is 0.933 bits per heavy atom. The van der Waals surface area contributed by atoms with Crippen molar-refractivity contribution >= 4 is 43.5 Å². The lowest BCUT2D eigenvalue weighted by Gasteiger charge is -2.20. The van der Waals surface area contributed by atoms with E-state index in [-0.39, 0.29) is 63.8 Å². The topological polar surface area (TPSA) is 13.1 Å². The maximum atomic E-state index is 9.94. The molecule has 0 saturated carbocycles. The van der Waals surface area contributed by atoms with Crippen molar-refractivity contribution in [3.63, 3.8) is 0 Å². The molecule has 0 amide bonds.